The van der Waals surface area contributed by atoms with Crippen LogP contribution in [-0.2, 0) is 0 Å². The first-order valence-electron chi connectivity index (χ1n) is 19.3. The van der Waals surface area contributed by atoms with Crippen molar-refractivity contribution in [3.05, 3.63) is 175 Å². The molecule has 0 saturated carbocycles. The number of aromatic nitrogens is 4. The van der Waals surface area contributed by atoms with E-state index in [4.69, 9.17) is 19.4 Å². The summed E-state index contributed by atoms with van der Waals surface area (Å²) < 4.78 is 11.6. The number of hydrogen-bond acceptors (Lipinski definition) is 5. The zero-order chi connectivity index (χ0) is 37.5. The van der Waals surface area contributed by atoms with Crippen molar-refractivity contribution in [2.24, 2.45) is 0 Å². The maximum absolute atomic E-state index is 6.48. The van der Waals surface area contributed by atoms with Gasteiger partial charge >= 0.3 is 0 Å². The van der Waals surface area contributed by atoms with Crippen LogP contribution in [-0.4, -0.2) is 19.5 Å². The molecule has 1 aliphatic rings. The predicted molar refractivity (Wildman–Crippen MR) is 237 cm³/mol. The Morgan fingerprint density at radius 3 is 1.95 bits per heavy atom. The third-order valence-corrected chi connectivity index (χ3v) is 12.5. The van der Waals surface area contributed by atoms with Crippen molar-refractivity contribution in [2.75, 3.05) is 0 Å². The van der Waals surface area contributed by atoms with Crippen molar-refractivity contribution < 1.29 is 4.42 Å². The molecule has 11 aromatic rings. The minimum Gasteiger partial charge on any atom is -0.456 e. The first-order chi connectivity index (χ1) is 28.2. The standard InChI is InChI=1S/C51H32N4OS/c1-3-12-32(13-4-1)49-52-50(33-14-5-2-6-15-33)54-51(53-49)38-18-11-20-45-48(38)41-28-34(24-27-44(41)56-45)31-22-25-35(26-23-31)55-42-19-9-7-16-36(42)39-29-40-37-17-8-10-21-46(37)57-47(40)30-43(39)55/h1-22,24-25,27-30H,23,26H2. The molecule has 0 atom stereocenters. The van der Waals surface area contributed by atoms with E-state index in [2.05, 4.69) is 102 Å². The Labute approximate surface area is 331 Å². The summed E-state index contributed by atoms with van der Waals surface area (Å²) in [4.78, 5) is 15.1. The van der Waals surface area contributed by atoms with Gasteiger partial charge in [0.25, 0.3) is 0 Å². The lowest BCUT2D eigenvalue weighted by molar-refractivity contribution is 0.669. The van der Waals surface area contributed by atoms with Crippen LogP contribution >= 0.6 is 11.3 Å². The number of nitrogens with zero attached hydrogens (tertiary/aromatic N) is 4. The predicted octanol–water partition coefficient (Wildman–Crippen LogP) is 14.0. The van der Waals surface area contributed by atoms with Gasteiger partial charge in [0, 0.05) is 64.1 Å². The molecule has 0 bridgehead atoms. The summed E-state index contributed by atoms with van der Waals surface area (Å²) >= 11 is 1.88. The molecule has 4 heterocycles. The van der Waals surface area contributed by atoms with E-state index in [1.54, 1.807) is 0 Å². The van der Waals surface area contributed by atoms with E-state index in [0.29, 0.717) is 17.5 Å². The van der Waals surface area contributed by atoms with Gasteiger partial charge in [-0.1, -0.05) is 121 Å². The number of fused-ring (bicyclic) bond motifs is 9. The number of rotatable bonds is 5. The van der Waals surface area contributed by atoms with E-state index in [1.165, 1.54) is 58.8 Å². The molecule has 0 N–H and O–H groups in total. The Morgan fingerprint density at radius 1 is 0.456 bits per heavy atom. The second kappa shape index (κ2) is 12.7. The Bertz CT molecular complexity index is 3400. The van der Waals surface area contributed by atoms with Gasteiger partial charge in [0.1, 0.15) is 11.2 Å². The van der Waals surface area contributed by atoms with Crippen LogP contribution in [0, 0.1) is 0 Å². The van der Waals surface area contributed by atoms with Crippen molar-refractivity contribution in [2.45, 2.75) is 12.8 Å². The first kappa shape index (κ1) is 32.1. The summed E-state index contributed by atoms with van der Waals surface area (Å²) in [6.45, 7) is 0. The van der Waals surface area contributed by atoms with E-state index in [0.717, 1.165) is 51.5 Å². The lowest BCUT2D eigenvalue weighted by Crippen LogP contribution is -2.01. The van der Waals surface area contributed by atoms with Gasteiger partial charge < -0.3 is 8.98 Å². The summed E-state index contributed by atoms with van der Waals surface area (Å²) in [5.41, 5.74) is 10.8. The normalized spacial score (nSPS) is 13.3. The average molecular weight is 749 g/mol. The van der Waals surface area contributed by atoms with E-state index in [9.17, 15) is 0 Å². The lowest BCUT2D eigenvalue weighted by atomic mass is 9.94. The summed E-state index contributed by atoms with van der Waals surface area (Å²) in [6, 6.07) is 55.3. The fraction of sp³-hybridized carbons (Fsp3) is 0.0392. The highest BCUT2D eigenvalue weighted by atomic mass is 32.1. The van der Waals surface area contributed by atoms with Crippen LogP contribution in [0.25, 0.3) is 109 Å². The highest BCUT2D eigenvalue weighted by molar-refractivity contribution is 7.25. The molecule has 7 aromatic carbocycles. The molecule has 6 heteroatoms. The molecule has 5 nitrogen and oxygen atoms in total. The van der Waals surface area contributed by atoms with Crippen molar-refractivity contribution in [3.63, 3.8) is 0 Å². The van der Waals surface area contributed by atoms with Crippen molar-refractivity contribution in [1.29, 1.82) is 0 Å². The van der Waals surface area contributed by atoms with Gasteiger partial charge in [0.15, 0.2) is 17.5 Å². The second-order valence-corrected chi connectivity index (χ2v) is 15.8. The zero-order valence-corrected chi connectivity index (χ0v) is 31.5. The van der Waals surface area contributed by atoms with E-state index in [1.807, 2.05) is 84.1 Å². The maximum atomic E-state index is 6.48. The van der Waals surface area contributed by atoms with Crippen LogP contribution in [0.4, 0.5) is 0 Å². The van der Waals surface area contributed by atoms with Crippen LogP contribution in [0.1, 0.15) is 18.4 Å². The highest BCUT2D eigenvalue weighted by Gasteiger charge is 2.21. The molecular weight excluding hydrogens is 717 g/mol. The number of para-hydroxylation sites is 1. The fourth-order valence-corrected chi connectivity index (χ4v) is 9.81. The van der Waals surface area contributed by atoms with Gasteiger partial charge in [0.2, 0.25) is 0 Å². The number of thiophene rings is 1. The number of furan rings is 1. The molecule has 0 amide bonds. The molecule has 0 fully saturated rings. The first-order valence-corrected chi connectivity index (χ1v) is 20.1. The van der Waals surface area contributed by atoms with Gasteiger partial charge in [0.05, 0.1) is 11.0 Å². The smallest absolute Gasteiger partial charge is 0.164 e. The number of allylic oxidation sites excluding steroid dienone is 4. The van der Waals surface area contributed by atoms with Crippen LogP contribution in [0.15, 0.2) is 174 Å². The van der Waals surface area contributed by atoms with Crippen LogP contribution in [0.5, 0.6) is 0 Å². The van der Waals surface area contributed by atoms with E-state index >= 15 is 0 Å². The molecule has 4 aromatic heterocycles. The monoisotopic (exact) mass is 748 g/mol. The Morgan fingerprint density at radius 2 is 1.18 bits per heavy atom. The zero-order valence-electron chi connectivity index (χ0n) is 30.7. The van der Waals surface area contributed by atoms with Crippen molar-refractivity contribution in [1.82, 2.24) is 19.5 Å². The summed E-state index contributed by atoms with van der Waals surface area (Å²) in [6.07, 6.45) is 6.48. The second-order valence-electron chi connectivity index (χ2n) is 14.7. The topological polar surface area (TPSA) is 56.7 Å². The minimum atomic E-state index is 0.616. The van der Waals surface area contributed by atoms with E-state index in [-0.39, 0.29) is 0 Å². The van der Waals surface area contributed by atoms with Crippen LogP contribution in [0.3, 0.4) is 0 Å². The Balaban J connectivity index is 0.980. The van der Waals surface area contributed by atoms with Gasteiger partial charge in [-0.3, -0.25) is 0 Å². The van der Waals surface area contributed by atoms with Gasteiger partial charge in [-0.2, -0.15) is 0 Å². The minimum absolute atomic E-state index is 0.616. The molecule has 12 rings (SSSR count). The highest BCUT2D eigenvalue weighted by Crippen LogP contribution is 2.43. The third-order valence-electron chi connectivity index (χ3n) is 11.4. The van der Waals surface area contributed by atoms with E-state index < -0.39 is 0 Å². The molecule has 0 spiro atoms. The van der Waals surface area contributed by atoms with Gasteiger partial charge in [-0.15, -0.1) is 11.3 Å². The third kappa shape index (κ3) is 5.18. The molecule has 1 aliphatic carbocycles. The van der Waals surface area contributed by atoms with Crippen molar-refractivity contribution in [3.8, 4) is 34.2 Å². The average Bonchev–Trinajstić information content (AvgIpc) is 3.95. The molecule has 0 radical (unpaired) electrons. The summed E-state index contributed by atoms with van der Waals surface area (Å²) in [5, 5.41) is 7.31. The van der Waals surface area contributed by atoms with Crippen LogP contribution in [0.2, 0.25) is 0 Å². The maximum Gasteiger partial charge on any atom is 0.164 e. The fourth-order valence-electron chi connectivity index (χ4n) is 8.69. The van der Waals surface area contributed by atoms with Crippen molar-refractivity contribution >= 4 is 86.5 Å². The lowest BCUT2D eigenvalue weighted by Gasteiger charge is -2.18. The summed E-state index contributed by atoms with van der Waals surface area (Å²) in [7, 11) is 0. The SMILES string of the molecule is C1=C(c2ccc3oc4cccc(-c5nc(-c6ccccc6)nc(-c6ccccc6)n5)c4c3c2)CCC(n2c3ccccc3c3cc4c(cc32)sc2ccccc24)=C1. The number of hydrogen-bond donors (Lipinski definition) is 0. The molecule has 0 unspecified atom stereocenters. The molecule has 57 heavy (non-hydrogen) atoms. The quantitative estimate of drug-likeness (QED) is 0.176. The summed E-state index contributed by atoms with van der Waals surface area (Å²) in [5.74, 6) is 1.89. The van der Waals surface area contributed by atoms with Crippen LogP contribution < -0.4 is 0 Å². The molecule has 0 saturated heterocycles. The molecule has 0 aliphatic heterocycles. The Kier molecular flexibility index (Phi) is 7.16. The van der Waals surface area contributed by atoms with Gasteiger partial charge in [-0.05, 0) is 72.5 Å². The largest absolute Gasteiger partial charge is 0.456 e. The number of benzene rings is 7. The Hall–Kier alpha value is -7.15. The van der Waals surface area contributed by atoms with Gasteiger partial charge in [-0.25, -0.2) is 15.0 Å². The molecule has 268 valence electrons. The molecular formula is C51H32N4OS.